The zero-order chi connectivity index (χ0) is 15.1. The van der Waals surface area contributed by atoms with Crippen molar-refractivity contribution in [2.75, 3.05) is 30.7 Å². The van der Waals surface area contributed by atoms with Crippen LogP contribution in [0.15, 0.2) is 24.3 Å². The molecule has 0 saturated heterocycles. The van der Waals surface area contributed by atoms with Crippen molar-refractivity contribution in [1.29, 1.82) is 0 Å². The summed E-state index contributed by atoms with van der Waals surface area (Å²) in [5.41, 5.74) is 7.05. The number of aliphatic hydroxyl groups excluding tert-OH is 1. The lowest BCUT2D eigenvalue weighted by molar-refractivity contribution is -0.118. The standard InChI is InChI=1S/C16H25N3O2/c17-13-5-4-6-14(11-13)18-16(21)12-19(9-10-20)15-7-2-1-3-8-15/h4-6,11,15,20H,1-3,7-10,12,17H2,(H,18,21). The van der Waals surface area contributed by atoms with Crippen LogP contribution in [0, 0.1) is 0 Å². The number of nitrogens with one attached hydrogen (secondary N) is 1. The molecule has 0 unspecified atom stereocenters. The van der Waals surface area contributed by atoms with Gasteiger partial charge >= 0.3 is 0 Å². The van der Waals surface area contributed by atoms with E-state index in [-0.39, 0.29) is 12.5 Å². The van der Waals surface area contributed by atoms with Gasteiger partial charge in [0, 0.05) is 24.0 Å². The number of aliphatic hydroxyl groups is 1. The molecule has 116 valence electrons. The Kier molecular flexibility index (Phi) is 6.02. The van der Waals surface area contributed by atoms with Crippen LogP contribution in [0.4, 0.5) is 11.4 Å². The summed E-state index contributed by atoms with van der Waals surface area (Å²) in [5.74, 6) is -0.0559. The van der Waals surface area contributed by atoms with Gasteiger partial charge in [0.2, 0.25) is 5.91 Å². The first kappa shape index (κ1) is 15.8. The molecule has 4 N–H and O–H groups in total. The molecule has 2 rings (SSSR count). The van der Waals surface area contributed by atoms with Gasteiger partial charge in [0.15, 0.2) is 0 Å². The van der Waals surface area contributed by atoms with Gasteiger partial charge in [-0.3, -0.25) is 9.69 Å². The monoisotopic (exact) mass is 291 g/mol. The second-order valence-corrected chi connectivity index (χ2v) is 5.66. The number of carbonyl (C=O) groups excluding carboxylic acids is 1. The Bertz CT molecular complexity index is 459. The quantitative estimate of drug-likeness (QED) is 0.699. The molecule has 1 aromatic carbocycles. The summed E-state index contributed by atoms with van der Waals surface area (Å²) in [5, 5.41) is 12.1. The van der Waals surface area contributed by atoms with E-state index in [4.69, 9.17) is 5.73 Å². The fourth-order valence-electron chi connectivity index (χ4n) is 2.97. The summed E-state index contributed by atoms with van der Waals surface area (Å²) >= 11 is 0. The first-order chi connectivity index (χ1) is 10.2. The predicted octanol–water partition coefficient (Wildman–Crippen LogP) is 1.83. The van der Waals surface area contributed by atoms with Crippen molar-refractivity contribution in [3.05, 3.63) is 24.3 Å². The summed E-state index contributed by atoms with van der Waals surface area (Å²) in [6, 6.07) is 7.59. The smallest absolute Gasteiger partial charge is 0.238 e. The van der Waals surface area contributed by atoms with E-state index in [0.717, 1.165) is 12.8 Å². The Morgan fingerprint density at radius 1 is 1.33 bits per heavy atom. The highest BCUT2D eigenvalue weighted by molar-refractivity contribution is 5.92. The van der Waals surface area contributed by atoms with Crippen molar-refractivity contribution in [1.82, 2.24) is 4.90 Å². The molecule has 21 heavy (non-hydrogen) atoms. The average Bonchev–Trinajstić information content (AvgIpc) is 2.47. The first-order valence-corrected chi connectivity index (χ1v) is 7.69. The zero-order valence-electron chi connectivity index (χ0n) is 12.4. The molecule has 0 spiro atoms. The van der Waals surface area contributed by atoms with Gasteiger partial charge in [-0.15, -0.1) is 0 Å². The summed E-state index contributed by atoms with van der Waals surface area (Å²) in [4.78, 5) is 14.3. The lowest BCUT2D eigenvalue weighted by atomic mass is 9.94. The molecule has 0 aromatic heterocycles. The molecule has 5 nitrogen and oxygen atoms in total. The fraction of sp³-hybridized carbons (Fsp3) is 0.562. The van der Waals surface area contributed by atoms with E-state index in [2.05, 4.69) is 10.2 Å². The number of hydrogen-bond donors (Lipinski definition) is 3. The number of nitrogens with zero attached hydrogens (tertiary/aromatic N) is 1. The van der Waals surface area contributed by atoms with Crippen LogP contribution in [-0.4, -0.2) is 41.7 Å². The second-order valence-electron chi connectivity index (χ2n) is 5.66. The molecular weight excluding hydrogens is 266 g/mol. The first-order valence-electron chi connectivity index (χ1n) is 7.69. The number of rotatable bonds is 6. The molecule has 0 aliphatic heterocycles. The molecule has 1 fully saturated rings. The number of amides is 1. The molecule has 1 aliphatic carbocycles. The minimum atomic E-state index is -0.0559. The Morgan fingerprint density at radius 3 is 2.76 bits per heavy atom. The molecule has 1 amide bonds. The SMILES string of the molecule is Nc1cccc(NC(=O)CN(CCO)C2CCCCC2)c1. The van der Waals surface area contributed by atoms with Gasteiger partial charge in [-0.05, 0) is 31.0 Å². The largest absolute Gasteiger partial charge is 0.399 e. The van der Waals surface area contributed by atoms with Gasteiger partial charge in [-0.1, -0.05) is 25.3 Å². The van der Waals surface area contributed by atoms with Crippen molar-refractivity contribution in [2.24, 2.45) is 0 Å². The number of hydrogen-bond acceptors (Lipinski definition) is 4. The molecule has 1 saturated carbocycles. The van der Waals surface area contributed by atoms with Crippen LogP contribution < -0.4 is 11.1 Å². The van der Waals surface area contributed by atoms with Crippen LogP contribution in [0.25, 0.3) is 0 Å². The van der Waals surface area contributed by atoms with Crippen molar-refractivity contribution in [3.63, 3.8) is 0 Å². The van der Waals surface area contributed by atoms with E-state index in [1.54, 1.807) is 12.1 Å². The normalized spacial score (nSPS) is 16.1. The van der Waals surface area contributed by atoms with Crippen LogP contribution >= 0.6 is 0 Å². The van der Waals surface area contributed by atoms with E-state index >= 15 is 0 Å². The highest BCUT2D eigenvalue weighted by Crippen LogP contribution is 2.22. The Morgan fingerprint density at radius 2 is 2.10 bits per heavy atom. The Hall–Kier alpha value is -1.59. The number of benzene rings is 1. The van der Waals surface area contributed by atoms with E-state index in [0.29, 0.717) is 30.5 Å². The Labute approximate surface area is 126 Å². The minimum Gasteiger partial charge on any atom is -0.399 e. The number of nitrogens with two attached hydrogens (primary N) is 1. The molecule has 5 heteroatoms. The molecule has 1 aliphatic rings. The third-order valence-electron chi connectivity index (χ3n) is 4.00. The topological polar surface area (TPSA) is 78.6 Å². The maximum atomic E-state index is 12.2. The van der Waals surface area contributed by atoms with Crippen molar-refractivity contribution in [2.45, 2.75) is 38.1 Å². The minimum absolute atomic E-state index is 0.0559. The van der Waals surface area contributed by atoms with Crippen LogP contribution in [0.1, 0.15) is 32.1 Å². The van der Waals surface area contributed by atoms with Crippen molar-refractivity contribution >= 4 is 17.3 Å². The summed E-state index contributed by atoms with van der Waals surface area (Å²) in [6.45, 7) is 0.955. The van der Waals surface area contributed by atoms with Crippen LogP contribution in [0.5, 0.6) is 0 Å². The summed E-state index contributed by atoms with van der Waals surface area (Å²) in [7, 11) is 0. The number of anilines is 2. The maximum Gasteiger partial charge on any atom is 0.238 e. The van der Waals surface area contributed by atoms with Crippen molar-refractivity contribution in [3.8, 4) is 0 Å². The van der Waals surface area contributed by atoms with Gasteiger partial charge < -0.3 is 16.2 Å². The van der Waals surface area contributed by atoms with E-state index in [1.165, 1.54) is 19.3 Å². The highest BCUT2D eigenvalue weighted by Gasteiger charge is 2.22. The number of carbonyl (C=O) groups is 1. The van der Waals surface area contributed by atoms with Gasteiger partial charge in [0.05, 0.1) is 13.2 Å². The van der Waals surface area contributed by atoms with Gasteiger partial charge in [0.25, 0.3) is 0 Å². The molecule has 0 bridgehead atoms. The van der Waals surface area contributed by atoms with Gasteiger partial charge in [-0.2, -0.15) is 0 Å². The van der Waals surface area contributed by atoms with Crippen LogP contribution in [-0.2, 0) is 4.79 Å². The third kappa shape index (κ3) is 5.02. The Balaban J connectivity index is 1.91. The van der Waals surface area contributed by atoms with Gasteiger partial charge in [-0.25, -0.2) is 0 Å². The van der Waals surface area contributed by atoms with E-state index in [9.17, 15) is 9.90 Å². The number of nitrogen functional groups attached to an aromatic ring is 1. The molecule has 0 heterocycles. The molecule has 0 radical (unpaired) electrons. The maximum absolute atomic E-state index is 12.2. The van der Waals surface area contributed by atoms with Crippen LogP contribution in [0.3, 0.4) is 0 Å². The third-order valence-corrected chi connectivity index (χ3v) is 4.00. The van der Waals surface area contributed by atoms with Crippen molar-refractivity contribution < 1.29 is 9.90 Å². The fourth-order valence-corrected chi connectivity index (χ4v) is 2.97. The molecule has 0 atom stereocenters. The lowest BCUT2D eigenvalue weighted by Crippen LogP contribution is -2.43. The van der Waals surface area contributed by atoms with Gasteiger partial charge in [0.1, 0.15) is 0 Å². The predicted molar refractivity (Wildman–Crippen MR) is 85.0 cm³/mol. The second kappa shape index (κ2) is 8.00. The average molecular weight is 291 g/mol. The zero-order valence-corrected chi connectivity index (χ0v) is 12.4. The molecular formula is C16H25N3O2. The lowest BCUT2D eigenvalue weighted by Gasteiger charge is -2.33. The van der Waals surface area contributed by atoms with Crippen LogP contribution in [0.2, 0.25) is 0 Å². The highest BCUT2D eigenvalue weighted by atomic mass is 16.3. The van der Waals surface area contributed by atoms with E-state index in [1.807, 2.05) is 12.1 Å². The summed E-state index contributed by atoms with van der Waals surface area (Å²) < 4.78 is 0. The summed E-state index contributed by atoms with van der Waals surface area (Å²) in [6.07, 6.45) is 5.93. The molecule has 1 aromatic rings. The van der Waals surface area contributed by atoms with E-state index < -0.39 is 0 Å².